The Morgan fingerprint density at radius 3 is 2.30 bits per heavy atom. The molecular weight excluding hydrogens is 148 g/mol. The van der Waals surface area contributed by atoms with E-state index < -0.39 is 0 Å². The third kappa shape index (κ3) is 26.1. The molecule has 0 rings (SSSR count). The highest BCUT2D eigenvalue weighted by atomic mass is 35.5. The first-order chi connectivity index (χ1) is 4.83. The van der Waals surface area contributed by atoms with Gasteiger partial charge in [-0.05, 0) is 31.4 Å². The highest BCUT2D eigenvalue weighted by Gasteiger charge is 1.68. The van der Waals surface area contributed by atoms with Crippen molar-refractivity contribution in [1.82, 2.24) is 0 Å². The van der Waals surface area contributed by atoms with E-state index >= 15 is 0 Å². The van der Waals surface area contributed by atoms with Crippen molar-refractivity contribution in [2.45, 2.75) is 19.8 Å². The van der Waals surface area contributed by atoms with Gasteiger partial charge < -0.3 is 0 Å². The molecule has 0 aliphatic rings. The standard InChI is InChI=1S/C7H12.CHClO/c1-3-5-7-6-4-2;2-1-3/h3-4,6H,1,5,7H2,2H3;1H/b6-4+;. The van der Waals surface area contributed by atoms with Crippen molar-refractivity contribution in [2.75, 3.05) is 0 Å². The van der Waals surface area contributed by atoms with E-state index in [2.05, 4.69) is 30.3 Å². The minimum absolute atomic E-state index is 0.222. The van der Waals surface area contributed by atoms with E-state index in [0.29, 0.717) is 0 Å². The second-order valence-electron chi connectivity index (χ2n) is 1.52. The van der Waals surface area contributed by atoms with Crippen molar-refractivity contribution in [3.63, 3.8) is 0 Å². The maximum atomic E-state index is 8.57. The lowest BCUT2D eigenvalue weighted by Crippen LogP contribution is -1.58. The molecule has 0 saturated carbocycles. The molecule has 0 saturated heterocycles. The van der Waals surface area contributed by atoms with Crippen LogP contribution in [0.1, 0.15) is 19.8 Å². The molecule has 0 aromatic carbocycles. The topological polar surface area (TPSA) is 17.1 Å². The van der Waals surface area contributed by atoms with Gasteiger partial charge in [0.1, 0.15) is 0 Å². The maximum absolute atomic E-state index is 8.57. The molecular formula is C8H13ClO. The Balaban J connectivity index is 0. The number of hydrogen-bond donors (Lipinski definition) is 0. The molecule has 0 aliphatic carbocycles. The van der Waals surface area contributed by atoms with Gasteiger partial charge in [0.2, 0.25) is 5.75 Å². The number of carbonyl (C=O) groups is 1. The third-order valence-corrected chi connectivity index (χ3v) is 0.773. The van der Waals surface area contributed by atoms with E-state index in [1.165, 1.54) is 0 Å². The summed E-state index contributed by atoms with van der Waals surface area (Å²) < 4.78 is 0. The molecule has 1 nitrogen and oxygen atoms in total. The Kier molecular flexibility index (Phi) is 19.2. The zero-order valence-electron chi connectivity index (χ0n) is 6.22. The second kappa shape index (κ2) is 15.8. The van der Waals surface area contributed by atoms with Gasteiger partial charge in [0, 0.05) is 0 Å². The maximum Gasteiger partial charge on any atom is 0.208 e. The molecule has 0 fully saturated rings. The summed E-state index contributed by atoms with van der Waals surface area (Å²) in [6.07, 6.45) is 8.37. The minimum Gasteiger partial charge on any atom is -0.285 e. The Bertz CT molecular complexity index is 97.4. The van der Waals surface area contributed by atoms with Crippen LogP contribution in [0.3, 0.4) is 0 Å². The quantitative estimate of drug-likeness (QED) is 0.269. The van der Waals surface area contributed by atoms with E-state index in [9.17, 15) is 0 Å². The highest BCUT2D eigenvalue weighted by molar-refractivity contribution is 6.54. The number of allylic oxidation sites excluding steroid dienone is 3. The summed E-state index contributed by atoms with van der Waals surface area (Å²) in [4.78, 5) is 8.57. The number of unbranched alkanes of at least 4 members (excludes halogenated alkanes) is 1. The molecule has 2 heteroatoms. The minimum atomic E-state index is 0.222. The molecule has 0 heterocycles. The molecule has 0 radical (unpaired) electrons. The fourth-order valence-corrected chi connectivity index (χ4v) is 0.381. The van der Waals surface area contributed by atoms with Gasteiger partial charge in [-0.2, -0.15) is 0 Å². The SMILES string of the molecule is C=CCC/C=C/C.O=CCl. The molecule has 0 amide bonds. The Morgan fingerprint density at radius 1 is 1.50 bits per heavy atom. The van der Waals surface area contributed by atoms with Crippen LogP contribution in [0.4, 0.5) is 0 Å². The summed E-state index contributed by atoms with van der Waals surface area (Å²) in [6.45, 7) is 5.63. The molecule has 0 bridgehead atoms. The predicted octanol–water partition coefficient (Wildman–Crippen LogP) is 2.94. The zero-order chi connectivity index (χ0) is 8.24. The lowest BCUT2D eigenvalue weighted by atomic mass is 10.3. The Morgan fingerprint density at radius 2 is 2.00 bits per heavy atom. The van der Waals surface area contributed by atoms with Gasteiger partial charge in [0.15, 0.2) is 0 Å². The Hall–Kier alpha value is -0.560. The van der Waals surface area contributed by atoms with Crippen molar-refractivity contribution in [3.8, 4) is 0 Å². The lowest BCUT2D eigenvalue weighted by molar-refractivity contribution is 0.569. The van der Waals surface area contributed by atoms with Crippen LogP contribution in [-0.4, -0.2) is 5.75 Å². The summed E-state index contributed by atoms with van der Waals surface area (Å²) in [5.41, 5.74) is 0. The summed E-state index contributed by atoms with van der Waals surface area (Å²) in [6, 6.07) is 0. The fourth-order valence-electron chi connectivity index (χ4n) is 0.381. The van der Waals surface area contributed by atoms with Gasteiger partial charge in [0.05, 0.1) is 0 Å². The molecule has 0 aliphatic heterocycles. The van der Waals surface area contributed by atoms with Gasteiger partial charge in [-0.15, -0.1) is 6.58 Å². The zero-order valence-corrected chi connectivity index (χ0v) is 6.97. The second-order valence-corrected chi connectivity index (χ2v) is 1.70. The number of rotatable bonds is 3. The lowest BCUT2D eigenvalue weighted by Gasteiger charge is -1.79. The average Bonchev–Trinajstić information content (AvgIpc) is 1.91. The van der Waals surface area contributed by atoms with E-state index in [1.807, 2.05) is 13.0 Å². The monoisotopic (exact) mass is 160 g/mol. The normalized spacial score (nSPS) is 8.20. The van der Waals surface area contributed by atoms with Crippen LogP contribution in [0.25, 0.3) is 0 Å². The highest BCUT2D eigenvalue weighted by Crippen LogP contribution is 1.88. The van der Waals surface area contributed by atoms with Crippen LogP contribution in [0, 0.1) is 0 Å². The molecule has 0 unspecified atom stereocenters. The first kappa shape index (κ1) is 12.1. The van der Waals surface area contributed by atoms with E-state index in [-0.39, 0.29) is 5.75 Å². The molecule has 0 aromatic rings. The van der Waals surface area contributed by atoms with Crippen LogP contribution in [0.5, 0.6) is 0 Å². The molecule has 0 aromatic heterocycles. The van der Waals surface area contributed by atoms with Crippen molar-refractivity contribution < 1.29 is 4.79 Å². The van der Waals surface area contributed by atoms with Crippen molar-refractivity contribution >= 4 is 17.3 Å². The van der Waals surface area contributed by atoms with Crippen LogP contribution in [0.2, 0.25) is 0 Å². The van der Waals surface area contributed by atoms with Gasteiger partial charge in [0.25, 0.3) is 0 Å². The van der Waals surface area contributed by atoms with Gasteiger partial charge in [-0.25, -0.2) is 0 Å². The van der Waals surface area contributed by atoms with Crippen LogP contribution >= 0.6 is 11.6 Å². The number of carbonyl (C=O) groups excluding carboxylic acids is 1. The average molecular weight is 161 g/mol. The van der Waals surface area contributed by atoms with Gasteiger partial charge in [-0.1, -0.05) is 18.2 Å². The van der Waals surface area contributed by atoms with Crippen LogP contribution in [0.15, 0.2) is 24.8 Å². The van der Waals surface area contributed by atoms with Gasteiger partial charge in [-0.3, -0.25) is 4.79 Å². The van der Waals surface area contributed by atoms with Crippen molar-refractivity contribution in [3.05, 3.63) is 24.8 Å². The third-order valence-electron chi connectivity index (χ3n) is 0.773. The predicted molar refractivity (Wildman–Crippen MR) is 46.8 cm³/mol. The summed E-state index contributed by atoms with van der Waals surface area (Å²) in [5.74, 6) is 0.222. The number of hydrogen-bond acceptors (Lipinski definition) is 1. The van der Waals surface area contributed by atoms with Crippen molar-refractivity contribution in [2.24, 2.45) is 0 Å². The molecule has 0 atom stereocenters. The molecule has 0 N–H and O–H groups in total. The summed E-state index contributed by atoms with van der Waals surface area (Å²) in [5, 5.41) is 0. The molecule has 0 spiro atoms. The first-order valence-electron chi connectivity index (χ1n) is 3.09. The summed E-state index contributed by atoms with van der Waals surface area (Å²) >= 11 is 4.32. The first-order valence-corrected chi connectivity index (χ1v) is 3.53. The fraction of sp³-hybridized carbons (Fsp3) is 0.375. The van der Waals surface area contributed by atoms with E-state index in [4.69, 9.17) is 4.79 Å². The van der Waals surface area contributed by atoms with Crippen LogP contribution < -0.4 is 0 Å². The van der Waals surface area contributed by atoms with Crippen LogP contribution in [-0.2, 0) is 4.79 Å². The van der Waals surface area contributed by atoms with E-state index in [1.54, 1.807) is 0 Å². The van der Waals surface area contributed by atoms with E-state index in [0.717, 1.165) is 12.8 Å². The Labute approximate surface area is 67.4 Å². The van der Waals surface area contributed by atoms with Gasteiger partial charge >= 0.3 is 0 Å². The van der Waals surface area contributed by atoms with Crippen molar-refractivity contribution in [1.29, 1.82) is 0 Å². The smallest absolute Gasteiger partial charge is 0.208 e. The number of halogens is 1. The molecule has 10 heavy (non-hydrogen) atoms. The largest absolute Gasteiger partial charge is 0.285 e. The molecule has 58 valence electrons. The summed E-state index contributed by atoms with van der Waals surface area (Å²) in [7, 11) is 0.